The van der Waals surface area contributed by atoms with Crippen molar-refractivity contribution in [1.29, 1.82) is 0 Å². The lowest BCUT2D eigenvalue weighted by Gasteiger charge is -2.51. The van der Waals surface area contributed by atoms with Crippen LogP contribution in [0.15, 0.2) is 12.2 Å². The Kier molecular flexibility index (Phi) is 7.05. The number of piperidine rings is 2. The first kappa shape index (κ1) is 23.4. The van der Waals surface area contributed by atoms with Crippen LogP contribution in [0.1, 0.15) is 100 Å². The molecule has 0 amide bonds. The molecule has 0 N–H and O–H groups in total. The summed E-state index contributed by atoms with van der Waals surface area (Å²) in [4.78, 5) is 24.2. The van der Waals surface area contributed by atoms with Crippen LogP contribution in [0.2, 0.25) is 0 Å². The maximum Gasteiger partial charge on any atom is 0.349 e. The maximum absolute atomic E-state index is 12.4. The average Bonchev–Trinajstić information content (AvgIpc) is 2.52. The SMILES string of the molecule is CC1(C)CCCC(C)(C)N1OCC/C=C/C(=O)ON1C(C)(C)CCCC1(C)C. The molecule has 2 fully saturated rings. The van der Waals surface area contributed by atoms with Gasteiger partial charge in [0.25, 0.3) is 0 Å². The Hall–Kier alpha value is -0.910. The molecule has 5 nitrogen and oxygen atoms in total. The van der Waals surface area contributed by atoms with Crippen LogP contribution in [-0.2, 0) is 14.5 Å². The molecule has 2 saturated heterocycles. The van der Waals surface area contributed by atoms with Gasteiger partial charge < -0.3 is 4.84 Å². The molecular formula is C23H42N2O3. The largest absolute Gasteiger partial charge is 0.363 e. The second-order valence-electron chi connectivity index (χ2n) is 11.0. The van der Waals surface area contributed by atoms with Gasteiger partial charge in [-0.25, -0.2) is 4.79 Å². The van der Waals surface area contributed by atoms with Gasteiger partial charge in [-0.15, -0.1) is 5.06 Å². The summed E-state index contributed by atoms with van der Waals surface area (Å²) < 4.78 is 0. The molecular weight excluding hydrogens is 352 g/mol. The molecule has 0 aromatic carbocycles. The smallest absolute Gasteiger partial charge is 0.349 e. The molecule has 0 saturated carbocycles. The molecule has 162 valence electrons. The van der Waals surface area contributed by atoms with Crippen molar-refractivity contribution in [2.45, 2.75) is 122 Å². The molecule has 0 spiro atoms. The number of carbonyl (C=O) groups excluding carboxylic acids is 1. The van der Waals surface area contributed by atoms with E-state index in [9.17, 15) is 4.79 Å². The first-order valence-electron chi connectivity index (χ1n) is 10.9. The first-order valence-corrected chi connectivity index (χ1v) is 10.9. The fraction of sp³-hybridized carbons (Fsp3) is 0.870. The van der Waals surface area contributed by atoms with E-state index in [1.165, 1.54) is 12.5 Å². The first-order chi connectivity index (χ1) is 12.8. The van der Waals surface area contributed by atoms with Gasteiger partial charge in [0, 0.05) is 17.2 Å². The van der Waals surface area contributed by atoms with Crippen molar-refractivity contribution in [1.82, 2.24) is 10.1 Å². The van der Waals surface area contributed by atoms with Crippen molar-refractivity contribution in [3.05, 3.63) is 12.2 Å². The van der Waals surface area contributed by atoms with Crippen LogP contribution in [0.4, 0.5) is 0 Å². The van der Waals surface area contributed by atoms with E-state index in [0.29, 0.717) is 13.0 Å². The quantitative estimate of drug-likeness (QED) is 0.445. The van der Waals surface area contributed by atoms with E-state index in [1.807, 2.05) is 11.1 Å². The lowest BCUT2D eigenvalue weighted by atomic mass is 9.82. The van der Waals surface area contributed by atoms with Gasteiger partial charge in [-0.2, -0.15) is 5.06 Å². The minimum Gasteiger partial charge on any atom is -0.363 e. The predicted molar refractivity (Wildman–Crippen MR) is 113 cm³/mol. The van der Waals surface area contributed by atoms with Crippen LogP contribution < -0.4 is 0 Å². The van der Waals surface area contributed by atoms with Gasteiger partial charge in [-0.3, -0.25) is 4.84 Å². The Balaban J connectivity index is 1.83. The second kappa shape index (κ2) is 8.45. The fourth-order valence-corrected chi connectivity index (χ4v) is 5.06. The molecule has 0 unspecified atom stereocenters. The zero-order valence-electron chi connectivity index (χ0n) is 19.4. The van der Waals surface area contributed by atoms with Gasteiger partial charge in [0.1, 0.15) is 0 Å². The summed E-state index contributed by atoms with van der Waals surface area (Å²) in [5, 5.41) is 4.06. The molecule has 0 atom stereocenters. The number of rotatable bonds is 6. The van der Waals surface area contributed by atoms with E-state index in [1.54, 1.807) is 0 Å². The third-order valence-corrected chi connectivity index (χ3v) is 6.29. The molecule has 2 aliphatic heterocycles. The Morgan fingerprint density at radius 1 is 0.786 bits per heavy atom. The highest BCUT2D eigenvalue weighted by atomic mass is 16.7. The van der Waals surface area contributed by atoms with Crippen molar-refractivity contribution in [2.75, 3.05) is 6.61 Å². The van der Waals surface area contributed by atoms with E-state index in [-0.39, 0.29) is 28.1 Å². The standard InChI is InChI=1S/C23H42N2O3/c1-20(2)14-11-15-21(3,4)24(20)27-18-10-9-13-19(26)28-25-22(5,6)16-12-17-23(25,7)8/h9,13H,10-12,14-18H2,1-8H3/b13-9+. The monoisotopic (exact) mass is 394 g/mol. The van der Waals surface area contributed by atoms with E-state index < -0.39 is 0 Å². The highest BCUT2D eigenvalue weighted by Crippen LogP contribution is 2.39. The Labute approximate surface area is 172 Å². The van der Waals surface area contributed by atoms with Gasteiger partial charge in [0.2, 0.25) is 0 Å². The van der Waals surface area contributed by atoms with Crippen molar-refractivity contribution in [3.8, 4) is 0 Å². The third-order valence-electron chi connectivity index (χ3n) is 6.29. The maximum atomic E-state index is 12.4. The summed E-state index contributed by atoms with van der Waals surface area (Å²) in [6, 6.07) is 0. The topological polar surface area (TPSA) is 42.0 Å². The molecule has 2 rings (SSSR count). The van der Waals surface area contributed by atoms with E-state index in [2.05, 4.69) is 60.5 Å². The molecule has 0 bridgehead atoms. The van der Waals surface area contributed by atoms with Crippen molar-refractivity contribution in [2.24, 2.45) is 0 Å². The molecule has 0 aliphatic carbocycles. The van der Waals surface area contributed by atoms with E-state index in [4.69, 9.17) is 9.68 Å². The van der Waals surface area contributed by atoms with Crippen molar-refractivity contribution < 1.29 is 14.5 Å². The Bertz CT molecular complexity index is 546. The highest BCUT2D eigenvalue weighted by molar-refractivity contribution is 5.81. The van der Waals surface area contributed by atoms with Crippen LogP contribution in [0.5, 0.6) is 0 Å². The van der Waals surface area contributed by atoms with Crippen molar-refractivity contribution in [3.63, 3.8) is 0 Å². The molecule has 2 aliphatic rings. The van der Waals surface area contributed by atoms with Crippen LogP contribution in [0, 0.1) is 0 Å². The normalized spacial score (nSPS) is 27.0. The van der Waals surface area contributed by atoms with Gasteiger partial charge in [0.15, 0.2) is 0 Å². The van der Waals surface area contributed by atoms with Crippen LogP contribution >= 0.6 is 0 Å². The fourth-order valence-electron chi connectivity index (χ4n) is 5.06. The minimum atomic E-state index is -0.304. The van der Waals surface area contributed by atoms with E-state index in [0.717, 1.165) is 32.1 Å². The van der Waals surface area contributed by atoms with Crippen LogP contribution in [-0.4, -0.2) is 44.9 Å². The van der Waals surface area contributed by atoms with E-state index >= 15 is 0 Å². The molecule has 2 heterocycles. The zero-order valence-corrected chi connectivity index (χ0v) is 19.4. The Morgan fingerprint density at radius 3 is 1.68 bits per heavy atom. The summed E-state index contributed by atoms with van der Waals surface area (Å²) in [5.41, 5.74) is -0.203. The summed E-state index contributed by atoms with van der Waals surface area (Å²) in [6.07, 6.45) is 10.8. The van der Waals surface area contributed by atoms with Gasteiger partial charge in [-0.05, 0) is 100 Å². The minimum absolute atomic E-state index is 0.0375. The van der Waals surface area contributed by atoms with Crippen molar-refractivity contribution >= 4 is 5.97 Å². The molecule has 5 heteroatoms. The van der Waals surface area contributed by atoms with Crippen LogP contribution in [0.3, 0.4) is 0 Å². The highest BCUT2D eigenvalue weighted by Gasteiger charge is 2.44. The third kappa shape index (κ3) is 5.58. The number of nitrogens with zero attached hydrogens (tertiary/aromatic N) is 2. The lowest BCUT2D eigenvalue weighted by Crippen LogP contribution is -2.58. The lowest BCUT2D eigenvalue weighted by molar-refractivity contribution is -0.279. The molecule has 0 radical (unpaired) electrons. The van der Waals surface area contributed by atoms with Gasteiger partial charge in [-0.1, -0.05) is 6.08 Å². The number of hydrogen-bond acceptors (Lipinski definition) is 5. The molecule has 28 heavy (non-hydrogen) atoms. The van der Waals surface area contributed by atoms with Gasteiger partial charge in [0.05, 0.1) is 17.7 Å². The van der Waals surface area contributed by atoms with Crippen LogP contribution in [0.25, 0.3) is 0 Å². The van der Waals surface area contributed by atoms with Gasteiger partial charge >= 0.3 is 5.97 Å². The predicted octanol–water partition coefficient (Wildman–Crippen LogP) is 5.41. The number of hydroxylamine groups is 4. The zero-order chi connectivity index (χ0) is 21.2. The summed E-state index contributed by atoms with van der Waals surface area (Å²) >= 11 is 0. The number of carbonyl (C=O) groups is 1. The average molecular weight is 395 g/mol. The number of hydrogen-bond donors (Lipinski definition) is 0. The second-order valence-corrected chi connectivity index (χ2v) is 11.0. The summed E-state index contributed by atoms with van der Waals surface area (Å²) in [7, 11) is 0. The summed E-state index contributed by atoms with van der Waals surface area (Å²) in [5.74, 6) is -0.304. The summed E-state index contributed by atoms with van der Waals surface area (Å²) in [6.45, 7) is 18.1. The molecule has 0 aromatic heterocycles. The molecule has 0 aromatic rings. The Morgan fingerprint density at radius 2 is 1.21 bits per heavy atom.